The van der Waals surface area contributed by atoms with Crippen molar-refractivity contribution in [2.24, 2.45) is 29.1 Å². The Bertz CT molecular complexity index is 750. The van der Waals surface area contributed by atoms with Gasteiger partial charge < -0.3 is 24.7 Å². The lowest BCUT2D eigenvalue weighted by Crippen LogP contribution is -2.65. The molecule has 2 amide bonds. The van der Waals surface area contributed by atoms with Crippen LogP contribution >= 0.6 is 0 Å². The summed E-state index contributed by atoms with van der Waals surface area (Å²) in [5, 5.41) is 5.91. The first kappa shape index (κ1) is 26.3. The molecule has 188 valence electrons. The molecule has 8 heteroatoms. The van der Waals surface area contributed by atoms with Crippen molar-refractivity contribution in [3.63, 3.8) is 0 Å². The van der Waals surface area contributed by atoms with Crippen molar-refractivity contribution in [1.82, 2.24) is 10.6 Å². The molecule has 3 aliphatic carbocycles. The third-order valence-corrected chi connectivity index (χ3v) is 7.97. The summed E-state index contributed by atoms with van der Waals surface area (Å²) < 4.78 is 18.5. The first-order valence-corrected chi connectivity index (χ1v) is 12.7. The molecule has 0 radical (unpaired) electrons. The van der Waals surface area contributed by atoms with Crippen LogP contribution in [0.25, 0.3) is 0 Å². The van der Waals surface area contributed by atoms with Crippen LogP contribution in [0.2, 0.25) is 0 Å². The summed E-state index contributed by atoms with van der Waals surface area (Å²) in [6.45, 7) is 20.3. The van der Waals surface area contributed by atoms with Crippen LogP contribution in [0.3, 0.4) is 0 Å². The van der Waals surface area contributed by atoms with Crippen LogP contribution in [0, 0.1) is 29.1 Å². The first-order valence-electron chi connectivity index (χ1n) is 12.7. The van der Waals surface area contributed by atoms with Crippen LogP contribution in [0.1, 0.15) is 88.5 Å². The maximum atomic E-state index is 13.3. The van der Waals surface area contributed by atoms with E-state index in [0.29, 0.717) is 17.8 Å². The number of hydrogen-bond acceptors (Lipinski definition) is 5. The van der Waals surface area contributed by atoms with E-state index in [-0.39, 0.29) is 34.9 Å². The van der Waals surface area contributed by atoms with Crippen molar-refractivity contribution >= 4 is 19.1 Å². The summed E-state index contributed by atoms with van der Waals surface area (Å²) in [4.78, 5) is 25.7. The Hall–Kier alpha value is -1.28. The lowest BCUT2D eigenvalue weighted by Gasteiger charge is -2.64. The third kappa shape index (κ3) is 5.37. The van der Waals surface area contributed by atoms with Gasteiger partial charge in [0.25, 0.3) is 0 Å². The molecule has 4 fully saturated rings. The molecule has 4 aliphatic rings. The molecule has 2 N–H and O–H groups in total. The van der Waals surface area contributed by atoms with E-state index in [2.05, 4.69) is 45.3 Å². The lowest BCUT2D eigenvalue weighted by atomic mass is 9.43. The van der Waals surface area contributed by atoms with Crippen molar-refractivity contribution in [2.75, 3.05) is 0 Å². The number of rotatable bonds is 7. The van der Waals surface area contributed by atoms with Gasteiger partial charge in [-0.05, 0) is 76.0 Å². The fraction of sp³-hybridized carbons (Fsp3) is 0.920. The maximum absolute atomic E-state index is 13.3. The highest BCUT2D eigenvalue weighted by molar-refractivity contribution is 6.47. The number of hydrogen-bond donors (Lipinski definition) is 2. The quantitative estimate of drug-likeness (QED) is 0.548. The Balaban J connectivity index is 1.71. The molecule has 0 aromatic rings. The average Bonchev–Trinajstić information content (AvgIpc) is 3.00. The average molecular weight is 464 g/mol. The Kier molecular flexibility index (Phi) is 7.23. The predicted octanol–water partition coefficient (Wildman–Crippen LogP) is 4.33. The smallest absolute Gasteiger partial charge is 0.444 e. The summed E-state index contributed by atoms with van der Waals surface area (Å²) in [7, 11) is -0.490. The zero-order valence-corrected chi connectivity index (χ0v) is 22.3. The number of amides is 2. The van der Waals surface area contributed by atoms with E-state index < -0.39 is 24.9 Å². The van der Waals surface area contributed by atoms with Gasteiger partial charge in [-0.1, -0.05) is 41.5 Å². The van der Waals surface area contributed by atoms with Crippen LogP contribution < -0.4 is 10.6 Å². The largest absolute Gasteiger partial charge is 0.481 e. The number of ether oxygens (including phenoxy) is 1. The molecule has 33 heavy (non-hydrogen) atoms. The minimum absolute atomic E-state index is 0.0617. The summed E-state index contributed by atoms with van der Waals surface area (Å²) in [5.74, 6) is 0.853. The molecule has 4 rings (SSSR count). The van der Waals surface area contributed by atoms with Crippen LogP contribution in [-0.2, 0) is 18.8 Å². The van der Waals surface area contributed by atoms with Crippen molar-refractivity contribution in [3.05, 3.63) is 0 Å². The van der Waals surface area contributed by atoms with Gasteiger partial charge in [0, 0.05) is 0 Å². The lowest BCUT2D eigenvalue weighted by molar-refractivity contribution is -0.199. The highest BCUT2D eigenvalue weighted by Gasteiger charge is 2.68. The second-order valence-corrected chi connectivity index (χ2v) is 12.9. The number of nitrogens with one attached hydrogen (secondary N) is 2. The normalized spacial score (nSPS) is 32.1. The summed E-state index contributed by atoms with van der Waals surface area (Å²) >= 11 is 0. The van der Waals surface area contributed by atoms with Gasteiger partial charge in [0.2, 0.25) is 5.91 Å². The van der Waals surface area contributed by atoms with Gasteiger partial charge in [-0.25, -0.2) is 4.79 Å². The zero-order valence-electron chi connectivity index (χ0n) is 22.3. The summed E-state index contributed by atoms with van der Waals surface area (Å²) in [5.41, 5.74) is -0.691. The van der Waals surface area contributed by atoms with E-state index in [0.717, 1.165) is 12.8 Å². The monoisotopic (exact) mass is 464 g/mol. The molecular formula is C25H45BN2O5. The standard InChI is InChI=1S/C25H45BN2O5/c1-14(2)11-19(27-21(29)20(15(3)4)28-22(30)31-23(5,6)7)26-32-18-13-16-12-17(24(16,8)9)25(18,10)33-26/h14-20H,11-13H2,1-10H3,(H,27,29)(H,28,30)/t16-,17-,18+,19-,20-,25-/m0/s1. The topological polar surface area (TPSA) is 85.9 Å². The van der Waals surface area contributed by atoms with Gasteiger partial charge in [0.05, 0.1) is 17.6 Å². The minimum Gasteiger partial charge on any atom is -0.444 e. The molecule has 2 bridgehead atoms. The minimum atomic E-state index is -0.708. The second-order valence-electron chi connectivity index (χ2n) is 12.9. The van der Waals surface area contributed by atoms with E-state index in [1.807, 2.05) is 13.8 Å². The van der Waals surface area contributed by atoms with Crippen LogP contribution in [0.4, 0.5) is 4.79 Å². The van der Waals surface area contributed by atoms with Gasteiger partial charge in [-0.2, -0.15) is 0 Å². The Morgan fingerprint density at radius 3 is 2.24 bits per heavy atom. The molecule has 0 aromatic carbocycles. The first-order chi connectivity index (χ1) is 15.0. The third-order valence-electron chi connectivity index (χ3n) is 7.97. The van der Waals surface area contributed by atoms with Crippen molar-refractivity contribution in [3.8, 4) is 0 Å². The SMILES string of the molecule is CC(C)C[C@H](NC(=O)[C@@H](NC(=O)OC(C)(C)C)C(C)C)B1O[C@@H]2C[C@@H]3C[C@@H](C3(C)C)[C@]2(C)O1. The molecule has 7 nitrogen and oxygen atoms in total. The molecule has 1 saturated heterocycles. The molecule has 6 atom stereocenters. The molecule has 0 aromatic heterocycles. The highest BCUT2D eigenvalue weighted by Crippen LogP contribution is 2.65. The second kappa shape index (κ2) is 9.06. The molecule has 0 spiro atoms. The highest BCUT2D eigenvalue weighted by atomic mass is 16.7. The molecule has 1 heterocycles. The molecule has 0 unspecified atom stereocenters. The summed E-state index contributed by atoms with van der Waals surface area (Å²) in [6.07, 6.45) is 2.39. The van der Waals surface area contributed by atoms with Crippen molar-refractivity contribution in [1.29, 1.82) is 0 Å². The molecule has 1 aliphatic heterocycles. The van der Waals surface area contributed by atoms with E-state index >= 15 is 0 Å². The number of carbonyl (C=O) groups excluding carboxylic acids is 2. The van der Waals surface area contributed by atoms with E-state index in [1.54, 1.807) is 20.8 Å². The van der Waals surface area contributed by atoms with E-state index in [4.69, 9.17) is 14.0 Å². The number of carbonyl (C=O) groups is 2. The molecular weight excluding hydrogens is 419 g/mol. The van der Waals surface area contributed by atoms with Crippen LogP contribution in [0.5, 0.6) is 0 Å². The van der Waals surface area contributed by atoms with Crippen LogP contribution in [-0.4, -0.2) is 48.4 Å². The fourth-order valence-electron chi connectivity index (χ4n) is 6.06. The predicted molar refractivity (Wildman–Crippen MR) is 129 cm³/mol. The zero-order chi connectivity index (χ0) is 24.9. The van der Waals surface area contributed by atoms with Crippen molar-refractivity contribution < 1.29 is 23.6 Å². The van der Waals surface area contributed by atoms with E-state index in [1.165, 1.54) is 6.42 Å². The Morgan fingerprint density at radius 2 is 1.73 bits per heavy atom. The van der Waals surface area contributed by atoms with Gasteiger partial charge in [-0.15, -0.1) is 0 Å². The number of alkyl carbamates (subject to hydrolysis) is 1. The van der Waals surface area contributed by atoms with Gasteiger partial charge in [0.1, 0.15) is 11.6 Å². The Morgan fingerprint density at radius 1 is 1.09 bits per heavy atom. The van der Waals surface area contributed by atoms with Gasteiger partial charge in [-0.3, -0.25) is 4.79 Å². The Labute approximate surface area is 200 Å². The van der Waals surface area contributed by atoms with Crippen LogP contribution in [0.15, 0.2) is 0 Å². The fourth-order valence-corrected chi connectivity index (χ4v) is 6.06. The van der Waals surface area contributed by atoms with Gasteiger partial charge in [0.15, 0.2) is 0 Å². The van der Waals surface area contributed by atoms with E-state index in [9.17, 15) is 9.59 Å². The molecule has 3 saturated carbocycles. The van der Waals surface area contributed by atoms with Crippen molar-refractivity contribution in [2.45, 2.75) is 118 Å². The van der Waals surface area contributed by atoms with Gasteiger partial charge >= 0.3 is 13.2 Å². The summed E-state index contributed by atoms with van der Waals surface area (Å²) in [6, 6.07) is -0.708. The maximum Gasteiger partial charge on any atom is 0.481 e.